The minimum absolute atomic E-state index is 0.0143. The molecule has 224 valence electrons. The number of carbonyl (C=O) groups excluding carboxylic acids is 2. The third-order valence-corrected chi connectivity index (χ3v) is 9.51. The first-order valence-electron chi connectivity index (χ1n) is 13.6. The second-order valence-corrected chi connectivity index (χ2v) is 12.9. The average Bonchev–Trinajstić information content (AvgIpc) is 3.00. The summed E-state index contributed by atoms with van der Waals surface area (Å²) in [6, 6.07) is 26.7. The van der Waals surface area contributed by atoms with Gasteiger partial charge < -0.3 is 10.2 Å². The summed E-state index contributed by atoms with van der Waals surface area (Å²) < 4.78 is 29.2. The number of hydrogen-bond donors (Lipinski definition) is 1. The lowest BCUT2D eigenvalue weighted by atomic mass is 10.0. The van der Waals surface area contributed by atoms with E-state index in [1.54, 1.807) is 12.1 Å². The van der Waals surface area contributed by atoms with Crippen LogP contribution in [0.15, 0.2) is 102 Å². The maximum Gasteiger partial charge on any atom is 0.264 e. The van der Waals surface area contributed by atoms with Crippen molar-refractivity contribution in [3.05, 3.63) is 129 Å². The van der Waals surface area contributed by atoms with Crippen molar-refractivity contribution >= 4 is 50.7 Å². The van der Waals surface area contributed by atoms with E-state index in [-0.39, 0.29) is 39.5 Å². The molecule has 1 N–H and O–H groups in total. The molecule has 43 heavy (non-hydrogen) atoms. The fraction of sp³-hybridized carbons (Fsp3) is 0.212. The number of rotatable bonds is 11. The average molecular weight is 639 g/mol. The van der Waals surface area contributed by atoms with Crippen molar-refractivity contribution in [2.45, 2.75) is 37.8 Å². The normalized spacial score (nSPS) is 11.9. The third-order valence-electron chi connectivity index (χ3n) is 7.18. The number of benzene rings is 4. The van der Waals surface area contributed by atoms with Crippen LogP contribution < -0.4 is 9.62 Å². The van der Waals surface area contributed by atoms with Crippen LogP contribution in [0.2, 0.25) is 10.0 Å². The zero-order chi connectivity index (χ0) is 31.1. The van der Waals surface area contributed by atoms with Crippen molar-refractivity contribution in [1.29, 1.82) is 0 Å². The zero-order valence-corrected chi connectivity index (χ0v) is 26.5. The molecular weight excluding hydrogens is 605 g/mol. The van der Waals surface area contributed by atoms with Gasteiger partial charge in [0.25, 0.3) is 10.0 Å². The van der Waals surface area contributed by atoms with Gasteiger partial charge in [0, 0.05) is 25.0 Å². The van der Waals surface area contributed by atoms with E-state index in [0.29, 0.717) is 0 Å². The van der Waals surface area contributed by atoms with Crippen LogP contribution in [0.5, 0.6) is 0 Å². The molecule has 0 fully saturated rings. The lowest BCUT2D eigenvalue weighted by Gasteiger charge is -2.34. The Bertz CT molecular complexity index is 1700. The Balaban J connectivity index is 1.83. The summed E-state index contributed by atoms with van der Waals surface area (Å²) >= 11 is 12.8. The van der Waals surface area contributed by atoms with Gasteiger partial charge >= 0.3 is 0 Å². The van der Waals surface area contributed by atoms with Crippen LogP contribution >= 0.6 is 23.2 Å². The van der Waals surface area contributed by atoms with Crippen molar-refractivity contribution in [3.63, 3.8) is 0 Å². The van der Waals surface area contributed by atoms with Crippen LogP contribution in [-0.4, -0.2) is 44.8 Å². The highest BCUT2D eigenvalue weighted by Gasteiger charge is 2.35. The van der Waals surface area contributed by atoms with E-state index in [4.69, 9.17) is 23.2 Å². The molecule has 0 aromatic heterocycles. The molecule has 4 aromatic carbocycles. The lowest BCUT2D eigenvalue weighted by Crippen LogP contribution is -2.53. The van der Waals surface area contributed by atoms with Gasteiger partial charge in [0.05, 0.1) is 15.6 Å². The Kier molecular flexibility index (Phi) is 10.5. The first-order chi connectivity index (χ1) is 20.5. The summed E-state index contributed by atoms with van der Waals surface area (Å²) in [7, 11) is -2.78. The largest absolute Gasteiger partial charge is 0.357 e. The Labute approximate surface area is 263 Å². The summed E-state index contributed by atoms with van der Waals surface area (Å²) in [6.45, 7) is 3.23. The molecule has 7 nitrogen and oxygen atoms in total. The summed E-state index contributed by atoms with van der Waals surface area (Å²) in [5.41, 5.74) is 3.53. The Morgan fingerprint density at radius 2 is 1.51 bits per heavy atom. The lowest BCUT2D eigenvalue weighted by molar-refractivity contribution is -0.139. The van der Waals surface area contributed by atoms with Crippen LogP contribution in [0, 0.1) is 13.8 Å². The monoisotopic (exact) mass is 637 g/mol. The highest BCUT2D eigenvalue weighted by atomic mass is 35.5. The van der Waals surface area contributed by atoms with E-state index >= 15 is 0 Å². The Morgan fingerprint density at radius 3 is 2.16 bits per heavy atom. The van der Waals surface area contributed by atoms with Gasteiger partial charge in [-0.2, -0.15) is 0 Å². The second-order valence-electron chi connectivity index (χ2n) is 10.2. The first kappa shape index (κ1) is 32.1. The van der Waals surface area contributed by atoms with E-state index in [9.17, 15) is 18.0 Å². The number of aryl methyl sites for hydroxylation is 2. The van der Waals surface area contributed by atoms with Crippen molar-refractivity contribution in [3.8, 4) is 0 Å². The minimum Gasteiger partial charge on any atom is -0.357 e. The number of hydrogen-bond acceptors (Lipinski definition) is 4. The quantitative estimate of drug-likeness (QED) is 0.212. The van der Waals surface area contributed by atoms with Crippen LogP contribution in [0.4, 0.5) is 5.69 Å². The number of sulfonamides is 1. The molecule has 0 aliphatic rings. The second kappa shape index (κ2) is 14.1. The molecule has 2 amide bonds. The molecule has 1 atom stereocenters. The summed E-state index contributed by atoms with van der Waals surface area (Å²) in [5, 5.41) is 3.03. The molecule has 0 unspecified atom stereocenters. The molecule has 4 aromatic rings. The molecule has 0 saturated carbocycles. The van der Waals surface area contributed by atoms with Crippen molar-refractivity contribution < 1.29 is 18.0 Å². The SMILES string of the molecule is CNC(=O)[C@H](Cc1ccccc1)N(Cc1ccccc1C)C(=O)CN(c1cc(Cl)ccc1Cl)S(=O)(=O)c1ccc(C)cc1. The standard InChI is InChI=1S/C33H33Cl2N3O4S/c1-23-13-16-28(17-14-23)43(41,42)38(30-20-27(34)15-18-29(30)35)22-32(39)37(21-26-12-8-7-9-24(26)2)31(33(40)36-3)19-25-10-5-4-6-11-25/h4-18,20,31H,19,21-22H2,1-3H3,(H,36,40)/t31-/m0/s1. The molecule has 0 heterocycles. The maximum atomic E-state index is 14.4. The molecule has 4 rings (SSSR count). The summed E-state index contributed by atoms with van der Waals surface area (Å²) in [5.74, 6) is -0.959. The molecule has 0 aliphatic heterocycles. The zero-order valence-electron chi connectivity index (χ0n) is 24.1. The number of likely N-dealkylation sites (N-methyl/N-ethyl adjacent to an activating group) is 1. The number of carbonyl (C=O) groups is 2. The number of nitrogens with one attached hydrogen (secondary N) is 1. The Hall–Kier alpha value is -3.85. The minimum atomic E-state index is -4.29. The van der Waals surface area contributed by atoms with Gasteiger partial charge in [-0.15, -0.1) is 0 Å². The van der Waals surface area contributed by atoms with Gasteiger partial charge in [-0.05, 0) is 60.9 Å². The van der Waals surface area contributed by atoms with E-state index in [1.807, 2.05) is 68.4 Å². The van der Waals surface area contributed by atoms with Gasteiger partial charge in [-0.3, -0.25) is 13.9 Å². The smallest absolute Gasteiger partial charge is 0.264 e. The van der Waals surface area contributed by atoms with Gasteiger partial charge in [0.2, 0.25) is 11.8 Å². The van der Waals surface area contributed by atoms with Gasteiger partial charge in [-0.25, -0.2) is 8.42 Å². The number of nitrogens with zero attached hydrogens (tertiary/aromatic N) is 2. The predicted octanol–water partition coefficient (Wildman–Crippen LogP) is 6.19. The topological polar surface area (TPSA) is 86.8 Å². The molecule has 0 aliphatic carbocycles. The maximum absolute atomic E-state index is 14.4. The van der Waals surface area contributed by atoms with E-state index in [2.05, 4.69) is 5.32 Å². The van der Waals surface area contributed by atoms with Crippen molar-refractivity contribution in [2.24, 2.45) is 0 Å². The van der Waals surface area contributed by atoms with Crippen molar-refractivity contribution in [1.82, 2.24) is 10.2 Å². The molecule has 0 radical (unpaired) electrons. The fourth-order valence-corrected chi connectivity index (χ4v) is 6.58. The van der Waals surface area contributed by atoms with Crippen LogP contribution in [0.1, 0.15) is 22.3 Å². The highest BCUT2D eigenvalue weighted by molar-refractivity contribution is 7.92. The third kappa shape index (κ3) is 7.76. The number of amides is 2. The molecular formula is C33H33Cl2N3O4S. The van der Waals surface area contributed by atoms with Crippen molar-refractivity contribution in [2.75, 3.05) is 17.9 Å². The van der Waals surface area contributed by atoms with Crippen LogP contribution in [-0.2, 0) is 32.6 Å². The van der Waals surface area contributed by atoms with Gasteiger partial charge in [0.1, 0.15) is 12.6 Å². The fourth-order valence-electron chi connectivity index (χ4n) is 4.72. The molecule has 10 heteroatoms. The molecule has 0 bridgehead atoms. The predicted molar refractivity (Wildman–Crippen MR) is 172 cm³/mol. The van der Waals surface area contributed by atoms with E-state index in [0.717, 1.165) is 26.6 Å². The van der Waals surface area contributed by atoms with E-state index in [1.165, 1.54) is 42.3 Å². The molecule has 0 saturated heterocycles. The highest BCUT2D eigenvalue weighted by Crippen LogP contribution is 2.33. The van der Waals surface area contributed by atoms with E-state index < -0.39 is 28.5 Å². The van der Waals surface area contributed by atoms with Gasteiger partial charge in [0.15, 0.2) is 0 Å². The first-order valence-corrected chi connectivity index (χ1v) is 15.8. The molecule has 0 spiro atoms. The Morgan fingerprint density at radius 1 is 0.860 bits per heavy atom. The van der Waals surface area contributed by atoms with Crippen LogP contribution in [0.3, 0.4) is 0 Å². The number of halogens is 2. The summed E-state index contributed by atoms with van der Waals surface area (Å²) in [4.78, 5) is 29.2. The number of anilines is 1. The van der Waals surface area contributed by atoms with Gasteiger partial charge in [-0.1, -0.05) is 95.5 Å². The van der Waals surface area contributed by atoms with Crippen LogP contribution in [0.25, 0.3) is 0 Å². The summed E-state index contributed by atoms with van der Waals surface area (Å²) in [6.07, 6.45) is 0.223.